The summed E-state index contributed by atoms with van der Waals surface area (Å²) in [6.45, 7) is 1.65. The SMILES string of the molecule is NC1(CC(=O)N2CCOCC2CC(O)c2cccs2)CCC1. The van der Waals surface area contributed by atoms with Crippen LogP contribution in [0.4, 0.5) is 0 Å². The van der Waals surface area contributed by atoms with E-state index in [2.05, 4.69) is 0 Å². The molecule has 2 aliphatic rings. The molecule has 1 aromatic heterocycles. The van der Waals surface area contributed by atoms with E-state index < -0.39 is 6.10 Å². The van der Waals surface area contributed by atoms with Gasteiger partial charge in [0.2, 0.25) is 5.91 Å². The first-order valence-electron chi connectivity index (χ1n) is 7.95. The number of thiophene rings is 1. The minimum absolute atomic E-state index is 0.0676. The van der Waals surface area contributed by atoms with Crippen LogP contribution in [-0.2, 0) is 9.53 Å². The molecule has 1 saturated carbocycles. The Hall–Kier alpha value is -0.950. The highest BCUT2D eigenvalue weighted by Gasteiger charge is 2.38. The molecule has 22 heavy (non-hydrogen) atoms. The second kappa shape index (κ2) is 6.66. The first-order valence-corrected chi connectivity index (χ1v) is 8.83. The molecule has 6 heteroatoms. The van der Waals surface area contributed by atoms with Crippen LogP contribution in [-0.4, -0.2) is 47.3 Å². The quantitative estimate of drug-likeness (QED) is 0.864. The van der Waals surface area contributed by atoms with Gasteiger partial charge >= 0.3 is 0 Å². The number of carbonyl (C=O) groups is 1. The molecular weight excluding hydrogens is 300 g/mol. The predicted molar refractivity (Wildman–Crippen MR) is 85.6 cm³/mol. The van der Waals surface area contributed by atoms with E-state index in [0.717, 1.165) is 24.1 Å². The summed E-state index contributed by atoms with van der Waals surface area (Å²) >= 11 is 1.54. The van der Waals surface area contributed by atoms with Crippen molar-refractivity contribution in [1.29, 1.82) is 0 Å². The van der Waals surface area contributed by atoms with E-state index in [1.165, 1.54) is 11.3 Å². The summed E-state index contributed by atoms with van der Waals surface area (Å²) in [5.74, 6) is 0.105. The zero-order chi connectivity index (χ0) is 15.6. The number of aliphatic hydroxyl groups is 1. The van der Waals surface area contributed by atoms with Crippen molar-refractivity contribution in [2.75, 3.05) is 19.8 Å². The third-order valence-corrected chi connectivity index (χ3v) is 5.74. The molecule has 0 radical (unpaired) electrons. The summed E-state index contributed by atoms with van der Waals surface area (Å²) in [5.41, 5.74) is 5.91. The van der Waals surface area contributed by atoms with Crippen molar-refractivity contribution >= 4 is 17.2 Å². The highest BCUT2D eigenvalue weighted by atomic mass is 32.1. The first kappa shape index (κ1) is 15.9. The predicted octanol–water partition coefficient (Wildman–Crippen LogP) is 1.67. The summed E-state index contributed by atoms with van der Waals surface area (Å²) < 4.78 is 5.52. The van der Waals surface area contributed by atoms with E-state index in [9.17, 15) is 9.90 Å². The van der Waals surface area contributed by atoms with Gasteiger partial charge in [-0.05, 0) is 30.7 Å². The molecule has 122 valence electrons. The van der Waals surface area contributed by atoms with E-state index in [1.807, 2.05) is 22.4 Å². The molecule has 0 bridgehead atoms. The van der Waals surface area contributed by atoms with Gasteiger partial charge in [0.05, 0.1) is 25.4 Å². The highest BCUT2D eigenvalue weighted by Crippen LogP contribution is 2.33. The smallest absolute Gasteiger partial charge is 0.224 e. The van der Waals surface area contributed by atoms with Gasteiger partial charge in [-0.25, -0.2) is 0 Å². The standard InChI is InChI=1S/C16H24N2O3S/c17-16(4-2-5-16)10-15(20)18-6-7-21-11-12(18)9-13(19)14-3-1-8-22-14/h1,3,8,12-13,19H,2,4-7,9-11,17H2. The maximum Gasteiger partial charge on any atom is 0.224 e. The zero-order valence-electron chi connectivity index (χ0n) is 12.7. The van der Waals surface area contributed by atoms with Crippen molar-refractivity contribution in [2.45, 2.75) is 49.8 Å². The number of ether oxygens (including phenoxy) is 1. The van der Waals surface area contributed by atoms with E-state index in [-0.39, 0.29) is 17.5 Å². The topological polar surface area (TPSA) is 75.8 Å². The van der Waals surface area contributed by atoms with Crippen LogP contribution in [0.2, 0.25) is 0 Å². The summed E-state index contributed by atoms with van der Waals surface area (Å²) in [6, 6.07) is 3.79. The van der Waals surface area contributed by atoms with Crippen molar-refractivity contribution in [1.82, 2.24) is 4.90 Å². The van der Waals surface area contributed by atoms with Gasteiger partial charge in [0.25, 0.3) is 0 Å². The monoisotopic (exact) mass is 324 g/mol. The van der Waals surface area contributed by atoms with Crippen LogP contribution >= 0.6 is 11.3 Å². The Morgan fingerprint density at radius 1 is 1.59 bits per heavy atom. The molecule has 3 rings (SSSR count). The lowest BCUT2D eigenvalue weighted by atomic mass is 9.75. The number of morpholine rings is 1. The molecule has 1 aromatic rings. The molecule has 1 saturated heterocycles. The van der Waals surface area contributed by atoms with Crippen LogP contribution in [0.15, 0.2) is 17.5 Å². The van der Waals surface area contributed by atoms with Crippen molar-refractivity contribution in [3.63, 3.8) is 0 Å². The number of carbonyl (C=O) groups excluding carboxylic acids is 1. The molecule has 1 aliphatic carbocycles. The summed E-state index contributed by atoms with van der Waals surface area (Å²) in [6.07, 6.45) is 3.38. The second-order valence-electron chi connectivity index (χ2n) is 6.48. The van der Waals surface area contributed by atoms with Crippen LogP contribution in [0.1, 0.15) is 43.1 Å². The molecule has 2 atom stereocenters. The number of nitrogens with two attached hydrogens (primary N) is 1. The Morgan fingerprint density at radius 3 is 3.05 bits per heavy atom. The van der Waals surface area contributed by atoms with Gasteiger partial charge in [-0.3, -0.25) is 4.79 Å². The largest absolute Gasteiger partial charge is 0.387 e. The normalized spacial score (nSPS) is 25.5. The van der Waals surface area contributed by atoms with Crippen LogP contribution in [0, 0.1) is 0 Å². The van der Waals surface area contributed by atoms with Crippen molar-refractivity contribution in [3.05, 3.63) is 22.4 Å². The summed E-state index contributed by atoms with van der Waals surface area (Å²) in [4.78, 5) is 15.4. The minimum Gasteiger partial charge on any atom is -0.387 e. The Kier molecular flexibility index (Phi) is 4.82. The molecule has 2 unspecified atom stereocenters. The number of hydrogen-bond donors (Lipinski definition) is 2. The lowest BCUT2D eigenvalue weighted by molar-refractivity contribution is -0.143. The number of rotatable bonds is 5. The molecule has 0 spiro atoms. The van der Waals surface area contributed by atoms with Gasteiger partial charge in [0, 0.05) is 29.8 Å². The van der Waals surface area contributed by atoms with Gasteiger partial charge < -0.3 is 20.5 Å². The number of hydrogen-bond acceptors (Lipinski definition) is 5. The minimum atomic E-state index is -0.544. The number of nitrogens with zero attached hydrogens (tertiary/aromatic N) is 1. The maximum atomic E-state index is 12.6. The lowest BCUT2D eigenvalue weighted by Crippen LogP contribution is -2.55. The zero-order valence-corrected chi connectivity index (χ0v) is 13.6. The van der Waals surface area contributed by atoms with Crippen molar-refractivity contribution in [2.24, 2.45) is 5.73 Å². The molecule has 2 heterocycles. The average Bonchev–Trinajstić information content (AvgIpc) is 3.00. The Morgan fingerprint density at radius 2 is 2.41 bits per heavy atom. The van der Waals surface area contributed by atoms with Gasteiger partial charge in [0.15, 0.2) is 0 Å². The van der Waals surface area contributed by atoms with Gasteiger partial charge in [0.1, 0.15) is 0 Å². The average molecular weight is 324 g/mol. The summed E-state index contributed by atoms with van der Waals surface area (Å²) in [5, 5.41) is 12.3. The molecule has 3 N–H and O–H groups in total. The third-order valence-electron chi connectivity index (χ3n) is 4.77. The number of aliphatic hydroxyl groups excluding tert-OH is 1. The van der Waals surface area contributed by atoms with Crippen LogP contribution in [0.5, 0.6) is 0 Å². The van der Waals surface area contributed by atoms with E-state index in [0.29, 0.717) is 32.6 Å². The fourth-order valence-corrected chi connectivity index (χ4v) is 3.97. The Balaban J connectivity index is 1.61. The van der Waals surface area contributed by atoms with Crippen LogP contribution < -0.4 is 5.73 Å². The molecule has 0 aromatic carbocycles. The Bertz CT molecular complexity index is 501. The first-order chi connectivity index (χ1) is 10.6. The van der Waals surface area contributed by atoms with E-state index >= 15 is 0 Å². The molecule has 5 nitrogen and oxygen atoms in total. The van der Waals surface area contributed by atoms with Gasteiger partial charge in [-0.15, -0.1) is 11.3 Å². The van der Waals surface area contributed by atoms with Crippen LogP contribution in [0.3, 0.4) is 0 Å². The fraction of sp³-hybridized carbons (Fsp3) is 0.688. The summed E-state index contributed by atoms with van der Waals surface area (Å²) in [7, 11) is 0. The van der Waals surface area contributed by atoms with Crippen LogP contribution in [0.25, 0.3) is 0 Å². The fourth-order valence-electron chi connectivity index (χ4n) is 3.24. The maximum absolute atomic E-state index is 12.6. The molecule has 1 aliphatic heterocycles. The van der Waals surface area contributed by atoms with Crippen molar-refractivity contribution in [3.8, 4) is 0 Å². The second-order valence-corrected chi connectivity index (χ2v) is 7.45. The highest BCUT2D eigenvalue weighted by molar-refractivity contribution is 7.10. The van der Waals surface area contributed by atoms with E-state index in [1.54, 1.807) is 0 Å². The number of amides is 1. The molecular formula is C16H24N2O3S. The lowest BCUT2D eigenvalue weighted by Gasteiger charge is -2.42. The van der Waals surface area contributed by atoms with E-state index in [4.69, 9.17) is 10.5 Å². The molecule has 1 amide bonds. The molecule has 2 fully saturated rings. The van der Waals surface area contributed by atoms with Gasteiger partial charge in [-0.1, -0.05) is 6.07 Å². The third kappa shape index (κ3) is 3.51. The Labute approximate surface area is 135 Å². The van der Waals surface area contributed by atoms with Crippen molar-refractivity contribution < 1.29 is 14.6 Å². The van der Waals surface area contributed by atoms with Gasteiger partial charge in [-0.2, -0.15) is 0 Å².